The fourth-order valence-electron chi connectivity index (χ4n) is 2.42. The highest BCUT2D eigenvalue weighted by molar-refractivity contribution is 5.40. The quantitative estimate of drug-likeness (QED) is 0.714. The summed E-state index contributed by atoms with van der Waals surface area (Å²) in [5, 5.41) is 23.2. The minimum atomic E-state index is -0.647. The van der Waals surface area contributed by atoms with Crippen molar-refractivity contribution in [2.75, 3.05) is 0 Å². The third-order valence-electron chi connectivity index (χ3n) is 3.74. The van der Waals surface area contributed by atoms with Crippen LogP contribution in [-0.4, -0.2) is 24.9 Å². The average Bonchev–Trinajstić information content (AvgIpc) is 3.23. The van der Waals surface area contributed by atoms with Crippen molar-refractivity contribution in [1.82, 2.24) is 14.7 Å². The molecule has 3 rings (SSSR count). The summed E-state index contributed by atoms with van der Waals surface area (Å²) in [4.78, 5) is 4.12. The van der Waals surface area contributed by atoms with Crippen LogP contribution in [0.1, 0.15) is 54.5 Å². The summed E-state index contributed by atoms with van der Waals surface area (Å²) in [6, 6.07) is 9.16. The number of imidazole rings is 1. The zero-order chi connectivity index (χ0) is 17.8. The van der Waals surface area contributed by atoms with E-state index in [4.69, 9.17) is 4.52 Å². The summed E-state index contributed by atoms with van der Waals surface area (Å²) in [5.41, 5.74) is 2.38. The molecular weight excluding hydrogens is 318 g/mol. The average molecular weight is 337 g/mol. The molecule has 2 N–H and O–H groups in total. The Balaban J connectivity index is 1.71. The number of aliphatic hydroxyl groups is 2. The van der Waals surface area contributed by atoms with Crippen LogP contribution >= 0.6 is 0 Å². The smallest absolute Gasteiger partial charge is 0.210 e. The van der Waals surface area contributed by atoms with Gasteiger partial charge in [0.05, 0.1) is 12.6 Å². The lowest BCUT2D eigenvalue weighted by Crippen LogP contribution is -2.07. The number of benzene rings is 1. The van der Waals surface area contributed by atoms with Gasteiger partial charge >= 0.3 is 0 Å². The number of rotatable bonds is 4. The first-order valence-corrected chi connectivity index (χ1v) is 7.97. The molecule has 0 aliphatic carbocycles. The van der Waals surface area contributed by atoms with Gasteiger partial charge in [-0.25, -0.2) is 4.98 Å². The van der Waals surface area contributed by atoms with Crippen LogP contribution in [0.3, 0.4) is 0 Å². The topological polar surface area (TPSA) is 84.3 Å². The maximum atomic E-state index is 9.68. The second kappa shape index (κ2) is 7.34. The predicted molar refractivity (Wildman–Crippen MR) is 91.5 cm³/mol. The van der Waals surface area contributed by atoms with Crippen LogP contribution in [0.5, 0.6) is 0 Å². The molecular formula is C19H19N3O3. The third kappa shape index (κ3) is 4.15. The lowest BCUT2D eigenvalue weighted by atomic mass is 10.1. The van der Waals surface area contributed by atoms with E-state index in [1.807, 2.05) is 28.8 Å². The summed E-state index contributed by atoms with van der Waals surface area (Å²) in [6.07, 6.45) is 2.28. The van der Waals surface area contributed by atoms with Crippen molar-refractivity contribution in [3.8, 4) is 11.8 Å². The van der Waals surface area contributed by atoms with Crippen molar-refractivity contribution in [2.45, 2.75) is 32.6 Å². The Labute approximate surface area is 145 Å². The van der Waals surface area contributed by atoms with Crippen molar-refractivity contribution in [2.24, 2.45) is 0 Å². The van der Waals surface area contributed by atoms with Crippen LogP contribution in [0.4, 0.5) is 0 Å². The van der Waals surface area contributed by atoms with Gasteiger partial charge in [-0.2, -0.15) is 0 Å². The van der Waals surface area contributed by atoms with Crippen LogP contribution in [0.25, 0.3) is 0 Å². The molecule has 2 heterocycles. The van der Waals surface area contributed by atoms with Gasteiger partial charge in [0.25, 0.3) is 0 Å². The van der Waals surface area contributed by atoms with Gasteiger partial charge in [0.15, 0.2) is 0 Å². The molecule has 6 heteroatoms. The Morgan fingerprint density at radius 1 is 1.12 bits per heavy atom. The molecule has 0 bridgehead atoms. The summed E-state index contributed by atoms with van der Waals surface area (Å²) < 4.78 is 7.05. The van der Waals surface area contributed by atoms with Crippen LogP contribution in [0.15, 0.2) is 47.2 Å². The SMILES string of the molecule is CC(O)c1ccc(C#Cc2cc(Cn3ccnc3[C@H](C)O)no2)cc1. The van der Waals surface area contributed by atoms with Crippen molar-refractivity contribution in [3.05, 3.63) is 71.1 Å². The van der Waals surface area contributed by atoms with Gasteiger partial charge in [-0.15, -0.1) is 0 Å². The lowest BCUT2D eigenvalue weighted by molar-refractivity contribution is 0.184. The third-order valence-corrected chi connectivity index (χ3v) is 3.74. The standard InChI is InChI=1S/C19H19N3O3/c1-13(23)16-6-3-15(4-7-16)5-8-18-11-17(21-25-18)12-22-10-9-20-19(22)14(2)24/h3-4,6-7,9-11,13-14,23-24H,12H2,1-2H3/t13?,14-/m0/s1. The van der Waals surface area contributed by atoms with E-state index in [1.165, 1.54) is 0 Å². The van der Waals surface area contributed by atoms with Crippen LogP contribution in [0.2, 0.25) is 0 Å². The van der Waals surface area contributed by atoms with E-state index < -0.39 is 12.2 Å². The first kappa shape index (κ1) is 17.0. The van der Waals surface area contributed by atoms with Gasteiger partial charge in [-0.1, -0.05) is 23.2 Å². The Bertz CT molecular complexity index is 896. The van der Waals surface area contributed by atoms with E-state index in [0.717, 1.165) is 11.1 Å². The molecule has 1 unspecified atom stereocenters. The highest BCUT2D eigenvalue weighted by Gasteiger charge is 2.10. The first-order valence-electron chi connectivity index (χ1n) is 7.97. The van der Waals surface area contributed by atoms with Gasteiger partial charge in [0.1, 0.15) is 17.6 Å². The molecule has 1 aromatic carbocycles. The summed E-state index contributed by atoms with van der Waals surface area (Å²) >= 11 is 0. The van der Waals surface area contributed by atoms with Crippen LogP contribution in [0, 0.1) is 11.8 Å². The summed E-state index contributed by atoms with van der Waals surface area (Å²) in [6.45, 7) is 3.84. The Morgan fingerprint density at radius 2 is 1.88 bits per heavy atom. The highest BCUT2D eigenvalue weighted by Crippen LogP contribution is 2.13. The van der Waals surface area contributed by atoms with Gasteiger partial charge in [-0.05, 0) is 37.5 Å². The number of hydrogen-bond acceptors (Lipinski definition) is 5. The van der Waals surface area contributed by atoms with E-state index in [1.54, 1.807) is 32.3 Å². The maximum Gasteiger partial charge on any atom is 0.210 e. The van der Waals surface area contributed by atoms with Crippen molar-refractivity contribution >= 4 is 0 Å². The maximum absolute atomic E-state index is 9.68. The monoisotopic (exact) mass is 337 g/mol. The number of nitrogens with zero attached hydrogens (tertiary/aromatic N) is 3. The molecule has 0 saturated carbocycles. The van der Waals surface area contributed by atoms with E-state index >= 15 is 0 Å². The lowest BCUT2D eigenvalue weighted by Gasteiger charge is -2.07. The van der Waals surface area contributed by atoms with Gasteiger partial charge in [-0.3, -0.25) is 0 Å². The molecule has 0 spiro atoms. The zero-order valence-corrected chi connectivity index (χ0v) is 14.0. The Kier molecular flexibility index (Phi) is 4.98. The minimum Gasteiger partial charge on any atom is -0.389 e. The molecule has 3 aromatic rings. The van der Waals surface area contributed by atoms with Crippen molar-refractivity contribution in [1.29, 1.82) is 0 Å². The van der Waals surface area contributed by atoms with Crippen molar-refractivity contribution < 1.29 is 14.7 Å². The van der Waals surface area contributed by atoms with Gasteiger partial charge < -0.3 is 19.3 Å². The first-order chi connectivity index (χ1) is 12.0. The predicted octanol–water partition coefficient (Wildman–Crippen LogP) is 2.43. The summed E-state index contributed by atoms with van der Waals surface area (Å²) in [7, 11) is 0. The normalized spacial score (nSPS) is 13.1. The molecule has 6 nitrogen and oxygen atoms in total. The molecule has 0 aliphatic rings. The molecule has 0 amide bonds. The van der Waals surface area contributed by atoms with E-state index in [2.05, 4.69) is 22.0 Å². The number of aromatic nitrogens is 3. The molecule has 2 atom stereocenters. The van der Waals surface area contributed by atoms with E-state index in [9.17, 15) is 10.2 Å². The second-order valence-electron chi connectivity index (χ2n) is 5.82. The van der Waals surface area contributed by atoms with Gasteiger partial charge in [0, 0.05) is 24.0 Å². The zero-order valence-electron chi connectivity index (χ0n) is 14.0. The van der Waals surface area contributed by atoms with E-state index in [-0.39, 0.29) is 0 Å². The molecule has 0 radical (unpaired) electrons. The Morgan fingerprint density at radius 3 is 2.56 bits per heavy atom. The van der Waals surface area contributed by atoms with Crippen LogP contribution in [-0.2, 0) is 6.54 Å². The minimum absolute atomic E-state index is 0.453. The fraction of sp³-hybridized carbons (Fsp3) is 0.263. The van der Waals surface area contributed by atoms with Crippen molar-refractivity contribution in [3.63, 3.8) is 0 Å². The fourth-order valence-corrected chi connectivity index (χ4v) is 2.42. The number of hydrogen-bond donors (Lipinski definition) is 2. The molecule has 0 fully saturated rings. The van der Waals surface area contributed by atoms with Gasteiger partial charge in [0.2, 0.25) is 5.76 Å². The molecule has 0 saturated heterocycles. The number of aliphatic hydroxyl groups excluding tert-OH is 2. The molecule has 0 aliphatic heterocycles. The van der Waals surface area contributed by atoms with Crippen LogP contribution < -0.4 is 0 Å². The molecule has 128 valence electrons. The largest absolute Gasteiger partial charge is 0.389 e. The van der Waals surface area contributed by atoms with E-state index in [0.29, 0.717) is 23.8 Å². The molecule has 2 aromatic heterocycles. The Hall–Kier alpha value is -2.88. The highest BCUT2D eigenvalue weighted by atomic mass is 16.5. The molecule has 25 heavy (non-hydrogen) atoms. The summed E-state index contributed by atoms with van der Waals surface area (Å²) in [5.74, 6) is 6.98. The second-order valence-corrected chi connectivity index (χ2v) is 5.82.